The van der Waals surface area contributed by atoms with E-state index in [0.29, 0.717) is 6.54 Å². The number of anilines is 2. The predicted octanol–water partition coefficient (Wildman–Crippen LogP) is 2.61. The first-order chi connectivity index (χ1) is 9.63. The van der Waals surface area contributed by atoms with E-state index in [0.717, 1.165) is 22.7 Å². The molecule has 0 aliphatic rings. The van der Waals surface area contributed by atoms with Gasteiger partial charge in [0.25, 0.3) is 0 Å². The molecule has 1 unspecified atom stereocenters. The molecule has 6 heteroatoms. The van der Waals surface area contributed by atoms with Gasteiger partial charge in [-0.05, 0) is 24.6 Å². The second-order valence-electron chi connectivity index (χ2n) is 4.63. The summed E-state index contributed by atoms with van der Waals surface area (Å²) in [7, 11) is 0. The fourth-order valence-electron chi connectivity index (χ4n) is 1.61. The summed E-state index contributed by atoms with van der Waals surface area (Å²) in [5.74, 6) is 1.56. The van der Waals surface area contributed by atoms with Crippen LogP contribution < -0.4 is 16.4 Å². The highest BCUT2D eigenvalue weighted by Crippen LogP contribution is 2.13. The summed E-state index contributed by atoms with van der Waals surface area (Å²) >= 11 is 3.42. The van der Waals surface area contributed by atoms with E-state index in [1.54, 1.807) is 0 Å². The average molecular weight is 336 g/mol. The first kappa shape index (κ1) is 14.7. The largest absolute Gasteiger partial charge is 0.368 e. The molecule has 0 saturated carbocycles. The molecule has 0 radical (unpaired) electrons. The maximum Gasteiger partial charge on any atom is 0.131 e. The molecule has 1 atom stereocenters. The van der Waals surface area contributed by atoms with Crippen LogP contribution in [0.1, 0.15) is 12.5 Å². The van der Waals surface area contributed by atoms with Gasteiger partial charge >= 0.3 is 0 Å². The van der Waals surface area contributed by atoms with Crippen LogP contribution in [-0.4, -0.2) is 22.6 Å². The molecule has 1 aromatic carbocycles. The first-order valence-corrected chi connectivity index (χ1v) is 7.22. The van der Waals surface area contributed by atoms with Gasteiger partial charge in [-0.15, -0.1) is 0 Å². The fraction of sp³-hybridized carbons (Fsp3) is 0.286. The van der Waals surface area contributed by atoms with Gasteiger partial charge in [0, 0.05) is 29.7 Å². The highest BCUT2D eigenvalue weighted by Gasteiger charge is 2.00. The molecule has 106 valence electrons. The van der Waals surface area contributed by atoms with E-state index in [-0.39, 0.29) is 6.04 Å². The normalized spacial score (nSPS) is 11.9. The van der Waals surface area contributed by atoms with Crippen LogP contribution in [0.25, 0.3) is 0 Å². The highest BCUT2D eigenvalue weighted by atomic mass is 79.9. The number of nitrogens with two attached hydrogens (primary N) is 1. The lowest BCUT2D eigenvalue weighted by Crippen LogP contribution is -2.25. The van der Waals surface area contributed by atoms with Crippen LogP contribution in [0.2, 0.25) is 0 Å². The Kier molecular flexibility index (Phi) is 5.31. The Morgan fingerprint density at radius 1 is 1.15 bits per heavy atom. The van der Waals surface area contributed by atoms with E-state index < -0.39 is 0 Å². The molecule has 0 saturated heterocycles. The summed E-state index contributed by atoms with van der Waals surface area (Å²) in [4.78, 5) is 8.35. The quantitative estimate of drug-likeness (QED) is 0.756. The molecule has 2 aromatic rings. The summed E-state index contributed by atoms with van der Waals surface area (Å²) in [6, 6.07) is 10.1. The molecule has 0 fully saturated rings. The summed E-state index contributed by atoms with van der Waals surface area (Å²) < 4.78 is 1.07. The zero-order valence-corrected chi connectivity index (χ0v) is 12.9. The van der Waals surface area contributed by atoms with Gasteiger partial charge in [0.05, 0.1) is 0 Å². The molecule has 0 spiro atoms. The van der Waals surface area contributed by atoms with Gasteiger partial charge in [-0.2, -0.15) is 0 Å². The maximum atomic E-state index is 5.70. The van der Waals surface area contributed by atoms with Crippen molar-refractivity contribution < 1.29 is 0 Å². The number of benzene rings is 1. The molecule has 5 nitrogen and oxygen atoms in total. The number of aromatic nitrogens is 2. The summed E-state index contributed by atoms with van der Waals surface area (Å²) in [6.07, 6.45) is 1.54. The van der Waals surface area contributed by atoms with Crippen LogP contribution in [0, 0.1) is 0 Å². The minimum absolute atomic E-state index is 0.0872. The summed E-state index contributed by atoms with van der Waals surface area (Å²) in [5, 5.41) is 6.44. The van der Waals surface area contributed by atoms with Gasteiger partial charge in [-0.1, -0.05) is 28.1 Å². The van der Waals surface area contributed by atoms with E-state index in [1.165, 1.54) is 11.9 Å². The van der Waals surface area contributed by atoms with Crippen molar-refractivity contribution in [3.05, 3.63) is 46.7 Å². The Morgan fingerprint density at radius 2 is 1.80 bits per heavy atom. The van der Waals surface area contributed by atoms with E-state index in [9.17, 15) is 0 Å². The van der Waals surface area contributed by atoms with Crippen molar-refractivity contribution in [3.8, 4) is 0 Å². The monoisotopic (exact) mass is 335 g/mol. The van der Waals surface area contributed by atoms with E-state index in [2.05, 4.69) is 48.7 Å². The Labute approximate surface area is 127 Å². The van der Waals surface area contributed by atoms with Crippen LogP contribution in [0.4, 0.5) is 11.6 Å². The zero-order chi connectivity index (χ0) is 14.4. The lowest BCUT2D eigenvalue weighted by atomic mass is 10.2. The Bertz CT molecular complexity index is 542. The molecular weight excluding hydrogens is 318 g/mol. The van der Waals surface area contributed by atoms with Gasteiger partial charge in [0.1, 0.15) is 18.0 Å². The standard InChI is InChI=1S/C14H18BrN5/c1-10(16)7-17-13-6-14(20-9-19-13)18-8-11-2-4-12(15)5-3-11/h2-6,9-10H,7-8,16H2,1H3,(H2,17,18,19,20). The van der Waals surface area contributed by atoms with Crippen molar-refractivity contribution in [1.82, 2.24) is 9.97 Å². The van der Waals surface area contributed by atoms with Gasteiger partial charge in [-0.3, -0.25) is 0 Å². The molecule has 2 rings (SSSR count). The van der Waals surface area contributed by atoms with Gasteiger partial charge < -0.3 is 16.4 Å². The van der Waals surface area contributed by atoms with Crippen molar-refractivity contribution in [3.63, 3.8) is 0 Å². The number of rotatable bonds is 6. The lowest BCUT2D eigenvalue weighted by molar-refractivity contribution is 0.777. The minimum atomic E-state index is 0.0872. The maximum absolute atomic E-state index is 5.70. The van der Waals surface area contributed by atoms with Crippen molar-refractivity contribution in [1.29, 1.82) is 0 Å². The topological polar surface area (TPSA) is 75.9 Å². The third-order valence-corrected chi connectivity index (χ3v) is 3.19. The molecule has 4 N–H and O–H groups in total. The number of nitrogens with zero attached hydrogens (tertiary/aromatic N) is 2. The molecule has 1 aromatic heterocycles. The van der Waals surface area contributed by atoms with Crippen LogP contribution in [0.15, 0.2) is 41.1 Å². The molecule has 0 aliphatic heterocycles. The zero-order valence-electron chi connectivity index (χ0n) is 11.3. The average Bonchev–Trinajstić information content (AvgIpc) is 2.45. The number of hydrogen-bond donors (Lipinski definition) is 3. The Morgan fingerprint density at radius 3 is 2.45 bits per heavy atom. The molecule has 0 bridgehead atoms. The van der Waals surface area contributed by atoms with E-state index >= 15 is 0 Å². The van der Waals surface area contributed by atoms with Gasteiger partial charge in [0.15, 0.2) is 0 Å². The third-order valence-electron chi connectivity index (χ3n) is 2.66. The van der Waals surface area contributed by atoms with Crippen LogP contribution in [-0.2, 0) is 6.54 Å². The Balaban J connectivity index is 1.92. The van der Waals surface area contributed by atoms with Gasteiger partial charge in [-0.25, -0.2) is 9.97 Å². The fourth-order valence-corrected chi connectivity index (χ4v) is 1.88. The van der Waals surface area contributed by atoms with Crippen LogP contribution in [0.3, 0.4) is 0 Å². The van der Waals surface area contributed by atoms with Crippen molar-refractivity contribution in [2.24, 2.45) is 5.73 Å². The first-order valence-electron chi connectivity index (χ1n) is 6.43. The van der Waals surface area contributed by atoms with Crippen molar-refractivity contribution in [2.75, 3.05) is 17.2 Å². The third kappa shape index (κ3) is 4.79. The molecule has 0 amide bonds. The number of nitrogens with one attached hydrogen (secondary N) is 2. The summed E-state index contributed by atoms with van der Waals surface area (Å²) in [6.45, 7) is 3.35. The SMILES string of the molecule is CC(N)CNc1cc(NCc2ccc(Br)cc2)ncn1. The predicted molar refractivity (Wildman–Crippen MR) is 85.6 cm³/mol. The second-order valence-corrected chi connectivity index (χ2v) is 5.54. The Hall–Kier alpha value is -1.66. The molecular formula is C14H18BrN5. The van der Waals surface area contributed by atoms with E-state index in [4.69, 9.17) is 5.73 Å². The summed E-state index contributed by atoms with van der Waals surface area (Å²) in [5.41, 5.74) is 6.89. The molecule has 0 aliphatic carbocycles. The number of halogens is 1. The minimum Gasteiger partial charge on any atom is -0.368 e. The van der Waals surface area contributed by atoms with Gasteiger partial charge in [0.2, 0.25) is 0 Å². The molecule has 1 heterocycles. The molecule has 20 heavy (non-hydrogen) atoms. The van der Waals surface area contributed by atoms with Crippen molar-refractivity contribution in [2.45, 2.75) is 19.5 Å². The van der Waals surface area contributed by atoms with Crippen LogP contribution in [0.5, 0.6) is 0 Å². The smallest absolute Gasteiger partial charge is 0.131 e. The number of hydrogen-bond acceptors (Lipinski definition) is 5. The van der Waals surface area contributed by atoms with Crippen molar-refractivity contribution >= 4 is 27.6 Å². The van der Waals surface area contributed by atoms with Crippen LogP contribution >= 0.6 is 15.9 Å². The highest BCUT2D eigenvalue weighted by molar-refractivity contribution is 9.10. The lowest BCUT2D eigenvalue weighted by Gasteiger charge is -2.10. The van der Waals surface area contributed by atoms with E-state index in [1.807, 2.05) is 25.1 Å². The second kappa shape index (κ2) is 7.21.